The molecule has 0 N–H and O–H groups in total. The first-order valence-corrected chi connectivity index (χ1v) is 12.1. The second kappa shape index (κ2) is 8.94. The number of rotatable bonds is 6. The maximum atomic E-state index is 13.1. The predicted molar refractivity (Wildman–Crippen MR) is 132 cm³/mol. The Kier molecular flexibility index (Phi) is 5.85. The van der Waals surface area contributed by atoms with Crippen LogP contribution in [0.15, 0.2) is 65.7 Å². The molecule has 4 aromatic rings. The summed E-state index contributed by atoms with van der Waals surface area (Å²) in [7, 11) is 0. The highest BCUT2D eigenvalue weighted by molar-refractivity contribution is 7.99. The second-order valence-corrected chi connectivity index (χ2v) is 9.40. The molecule has 1 unspecified atom stereocenters. The Morgan fingerprint density at radius 1 is 1.06 bits per heavy atom. The molecule has 0 saturated carbocycles. The smallest absolute Gasteiger partial charge is 0.174 e. The quantitative estimate of drug-likeness (QED) is 0.271. The molecule has 0 spiro atoms. The van der Waals surface area contributed by atoms with Crippen molar-refractivity contribution in [2.75, 3.05) is 12.4 Å². The van der Waals surface area contributed by atoms with Crippen molar-refractivity contribution in [2.45, 2.75) is 38.4 Å². The number of pyridine rings is 1. The summed E-state index contributed by atoms with van der Waals surface area (Å²) in [5.41, 5.74) is 4.90. The minimum atomic E-state index is -0.105. The number of hydrogen-bond donors (Lipinski definition) is 0. The molecule has 0 saturated heterocycles. The minimum Gasteiger partial charge on any atom is -0.486 e. The molecule has 1 atom stereocenters. The van der Waals surface area contributed by atoms with Gasteiger partial charge in [-0.3, -0.25) is 4.79 Å². The number of fused-ring (bicyclic) bond motifs is 2. The van der Waals surface area contributed by atoms with Crippen molar-refractivity contribution in [3.05, 3.63) is 83.2 Å². The lowest BCUT2D eigenvalue weighted by molar-refractivity contribution is 0.0777. The first-order chi connectivity index (χ1) is 16.0. The third-order valence-corrected chi connectivity index (χ3v) is 6.99. The lowest BCUT2D eigenvalue weighted by Gasteiger charge is -2.27. The maximum absolute atomic E-state index is 13.1. The first kappa shape index (κ1) is 21.6. The van der Waals surface area contributed by atoms with E-state index in [1.165, 1.54) is 17.3 Å². The van der Waals surface area contributed by atoms with Gasteiger partial charge < -0.3 is 14.0 Å². The Labute approximate surface area is 197 Å². The van der Waals surface area contributed by atoms with Crippen LogP contribution >= 0.6 is 11.8 Å². The summed E-state index contributed by atoms with van der Waals surface area (Å²) in [6, 6.07) is 19.9. The van der Waals surface area contributed by atoms with Crippen LogP contribution in [-0.4, -0.2) is 33.8 Å². The van der Waals surface area contributed by atoms with Crippen LogP contribution in [-0.2, 0) is 6.54 Å². The zero-order valence-corrected chi connectivity index (χ0v) is 19.8. The Balaban J connectivity index is 1.28. The Bertz CT molecular complexity index is 1340. The monoisotopic (exact) mass is 458 g/mol. The molecule has 33 heavy (non-hydrogen) atoms. The van der Waals surface area contributed by atoms with E-state index in [0.717, 1.165) is 44.4 Å². The standard InChI is InChI=1S/C27H26N2O3S/c1-17-12-27(28-23-9-5-4-8-21(17)23)33-16-24(30)22-13-18(2)29(19(22)3)14-20-15-31-25-10-6-7-11-26(25)32-20/h4-13,20H,14-16H2,1-3H3. The van der Waals surface area contributed by atoms with Gasteiger partial charge in [0.25, 0.3) is 0 Å². The van der Waals surface area contributed by atoms with E-state index in [0.29, 0.717) is 18.9 Å². The van der Waals surface area contributed by atoms with Gasteiger partial charge in [-0.05, 0) is 56.7 Å². The Hall–Kier alpha value is -3.25. The zero-order valence-electron chi connectivity index (χ0n) is 19.0. The van der Waals surface area contributed by atoms with E-state index in [9.17, 15) is 4.79 Å². The summed E-state index contributed by atoms with van der Waals surface area (Å²) in [4.78, 5) is 17.8. The molecule has 1 aliphatic heterocycles. The van der Waals surface area contributed by atoms with Crippen molar-refractivity contribution in [2.24, 2.45) is 0 Å². The molecule has 2 aromatic carbocycles. The summed E-state index contributed by atoms with van der Waals surface area (Å²) in [5, 5.41) is 2.02. The summed E-state index contributed by atoms with van der Waals surface area (Å²) < 4.78 is 14.1. The van der Waals surface area contributed by atoms with Gasteiger partial charge >= 0.3 is 0 Å². The van der Waals surface area contributed by atoms with Crippen molar-refractivity contribution in [1.82, 2.24) is 9.55 Å². The van der Waals surface area contributed by atoms with Crippen LogP contribution in [0.1, 0.15) is 27.3 Å². The number of hydrogen-bond acceptors (Lipinski definition) is 5. The third-order valence-electron chi connectivity index (χ3n) is 6.08. The fraction of sp³-hybridized carbons (Fsp3) is 0.259. The normalized spacial score (nSPS) is 15.1. The van der Waals surface area contributed by atoms with E-state index in [4.69, 9.17) is 14.5 Å². The number of thioether (sulfide) groups is 1. The van der Waals surface area contributed by atoms with Crippen molar-refractivity contribution in [3.8, 4) is 11.5 Å². The molecule has 3 heterocycles. The summed E-state index contributed by atoms with van der Waals surface area (Å²) in [6.45, 7) is 7.24. The Morgan fingerprint density at radius 2 is 1.82 bits per heavy atom. The number of ether oxygens (including phenoxy) is 2. The number of carbonyl (C=O) groups excluding carboxylic acids is 1. The van der Waals surface area contributed by atoms with Crippen LogP contribution in [0.5, 0.6) is 11.5 Å². The van der Waals surface area contributed by atoms with Crippen LogP contribution in [0.4, 0.5) is 0 Å². The van der Waals surface area contributed by atoms with Gasteiger partial charge in [-0.2, -0.15) is 0 Å². The second-order valence-electron chi connectivity index (χ2n) is 8.40. The van der Waals surface area contributed by atoms with Crippen molar-refractivity contribution >= 4 is 28.4 Å². The van der Waals surface area contributed by atoms with Crippen molar-refractivity contribution in [3.63, 3.8) is 0 Å². The molecule has 168 valence electrons. The van der Waals surface area contributed by atoms with E-state index in [-0.39, 0.29) is 11.9 Å². The average Bonchev–Trinajstić information content (AvgIpc) is 3.11. The number of benzene rings is 2. The highest BCUT2D eigenvalue weighted by Gasteiger charge is 2.24. The van der Waals surface area contributed by atoms with Gasteiger partial charge in [-0.15, -0.1) is 0 Å². The van der Waals surface area contributed by atoms with Gasteiger partial charge in [-0.1, -0.05) is 42.1 Å². The molecule has 6 heteroatoms. The Morgan fingerprint density at radius 3 is 2.67 bits per heavy atom. The topological polar surface area (TPSA) is 53.4 Å². The summed E-state index contributed by atoms with van der Waals surface area (Å²) in [6.07, 6.45) is -0.105. The van der Waals surface area contributed by atoms with Gasteiger partial charge in [-0.25, -0.2) is 4.98 Å². The molecule has 0 radical (unpaired) electrons. The number of nitrogens with zero attached hydrogens (tertiary/aromatic N) is 2. The summed E-state index contributed by atoms with van der Waals surface area (Å²) in [5.74, 6) is 2.01. The fourth-order valence-corrected chi connectivity index (χ4v) is 5.19. The fourth-order valence-electron chi connectivity index (χ4n) is 4.33. The van der Waals surface area contributed by atoms with Crippen LogP contribution < -0.4 is 9.47 Å². The number of para-hydroxylation sites is 3. The van der Waals surface area contributed by atoms with Gasteiger partial charge in [0.15, 0.2) is 23.4 Å². The number of ketones is 1. The van der Waals surface area contributed by atoms with E-state index < -0.39 is 0 Å². The highest BCUT2D eigenvalue weighted by Crippen LogP contribution is 2.32. The number of Topliss-reactive ketones (excluding diaryl/α,β-unsaturated/α-hetero) is 1. The molecular formula is C27H26N2O3S. The van der Waals surface area contributed by atoms with Crippen LogP contribution in [0.2, 0.25) is 0 Å². The van der Waals surface area contributed by atoms with Gasteiger partial charge in [0.1, 0.15) is 6.61 Å². The molecule has 0 amide bonds. The zero-order chi connectivity index (χ0) is 22.9. The van der Waals surface area contributed by atoms with Gasteiger partial charge in [0, 0.05) is 22.3 Å². The van der Waals surface area contributed by atoms with Crippen LogP contribution in [0.25, 0.3) is 10.9 Å². The number of aryl methyl sites for hydroxylation is 2. The molecular weight excluding hydrogens is 432 g/mol. The summed E-state index contributed by atoms with van der Waals surface area (Å²) >= 11 is 1.49. The minimum absolute atomic E-state index is 0.105. The van der Waals surface area contributed by atoms with E-state index in [2.05, 4.69) is 23.6 Å². The van der Waals surface area contributed by atoms with Crippen molar-refractivity contribution in [1.29, 1.82) is 0 Å². The molecule has 0 bridgehead atoms. The molecule has 0 fully saturated rings. The average molecular weight is 459 g/mol. The third kappa shape index (κ3) is 4.35. The maximum Gasteiger partial charge on any atom is 0.174 e. The lowest BCUT2D eigenvalue weighted by Crippen LogP contribution is -2.33. The van der Waals surface area contributed by atoms with Crippen LogP contribution in [0.3, 0.4) is 0 Å². The molecule has 0 aliphatic carbocycles. The SMILES string of the molecule is Cc1cc(SCC(=O)c2cc(C)n(CC3COc4ccccc4O3)c2C)nc2ccccc12. The number of aromatic nitrogens is 2. The lowest BCUT2D eigenvalue weighted by atomic mass is 10.1. The highest BCUT2D eigenvalue weighted by atomic mass is 32.2. The predicted octanol–water partition coefficient (Wildman–Crippen LogP) is 5.78. The largest absolute Gasteiger partial charge is 0.486 e. The first-order valence-electron chi connectivity index (χ1n) is 11.1. The number of carbonyl (C=O) groups is 1. The van der Waals surface area contributed by atoms with Crippen molar-refractivity contribution < 1.29 is 14.3 Å². The van der Waals surface area contributed by atoms with E-state index >= 15 is 0 Å². The van der Waals surface area contributed by atoms with Crippen LogP contribution in [0, 0.1) is 20.8 Å². The molecule has 1 aliphatic rings. The molecule has 5 rings (SSSR count). The molecule has 5 nitrogen and oxygen atoms in total. The van der Waals surface area contributed by atoms with E-state index in [1.807, 2.05) is 62.4 Å². The van der Waals surface area contributed by atoms with Gasteiger partial charge in [0.2, 0.25) is 0 Å². The molecule has 2 aromatic heterocycles. The van der Waals surface area contributed by atoms with E-state index in [1.54, 1.807) is 0 Å². The van der Waals surface area contributed by atoms with Gasteiger partial charge in [0.05, 0.1) is 22.8 Å².